The second-order valence-electron chi connectivity index (χ2n) is 6.23. The summed E-state index contributed by atoms with van der Waals surface area (Å²) in [6.07, 6.45) is 6.16. The lowest BCUT2D eigenvalue weighted by molar-refractivity contribution is 0.369. The number of imidazole rings is 1. The molecule has 0 unspecified atom stereocenters. The van der Waals surface area contributed by atoms with E-state index in [1.165, 1.54) is 0 Å². The zero-order chi connectivity index (χ0) is 18.8. The SMILES string of the molecule is Oc1ccc(-c2c(O)c(O)n(CCCn3ccnc3)c2-c2cccs2)cc1. The molecular formula is C20H19N3O3S. The van der Waals surface area contributed by atoms with E-state index >= 15 is 0 Å². The third-order valence-electron chi connectivity index (χ3n) is 4.48. The van der Waals surface area contributed by atoms with Crippen LogP contribution in [-0.4, -0.2) is 29.4 Å². The molecule has 7 heteroatoms. The van der Waals surface area contributed by atoms with Crippen molar-refractivity contribution in [1.29, 1.82) is 0 Å². The average molecular weight is 381 g/mol. The number of aromatic nitrogens is 3. The molecule has 3 aromatic heterocycles. The Morgan fingerprint density at radius 1 is 1.00 bits per heavy atom. The van der Waals surface area contributed by atoms with Crippen molar-refractivity contribution in [2.24, 2.45) is 0 Å². The Kier molecular flexibility index (Phi) is 4.60. The number of phenols is 1. The van der Waals surface area contributed by atoms with Crippen molar-refractivity contribution in [3.05, 3.63) is 60.5 Å². The minimum Gasteiger partial charge on any atom is -0.508 e. The smallest absolute Gasteiger partial charge is 0.235 e. The highest BCUT2D eigenvalue weighted by Gasteiger charge is 2.25. The molecular weight excluding hydrogens is 362 g/mol. The summed E-state index contributed by atoms with van der Waals surface area (Å²) in [5.41, 5.74) is 2.08. The first kappa shape index (κ1) is 17.2. The molecule has 0 fully saturated rings. The molecule has 0 saturated heterocycles. The quantitative estimate of drug-likeness (QED) is 0.465. The number of thiophene rings is 1. The van der Waals surface area contributed by atoms with Gasteiger partial charge < -0.3 is 24.5 Å². The predicted molar refractivity (Wildman–Crippen MR) is 105 cm³/mol. The molecule has 0 radical (unpaired) electrons. The van der Waals surface area contributed by atoms with Gasteiger partial charge in [-0.3, -0.25) is 0 Å². The van der Waals surface area contributed by atoms with E-state index < -0.39 is 0 Å². The van der Waals surface area contributed by atoms with Crippen molar-refractivity contribution >= 4 is 11.3 Å². The number of hydrogen-bond acceptors (Lipinski definition) is 5. The minimum atomic E-state index is -0.147. The maximum atomic E-state index is 10.7. The molecule has 0 aliphatic rings. The molecule has 0 amide bonds. The van der Waals surface area contributed by atoms with Crippen LogP contribution >= 0.6 is 11.3 Å². The van der Waals surface area contributed by atoms with Crippen molar-refractivity contribution in [1.82, 2.24) is 14.1 Å². The summed E-state index contributed by atoms with van der Waals surface area (Å²) in [6.45, 7) is 1.31. The number of benzene rings is 1. The van der Waals surface area contributed by atoms with Crippen molar-refractivity contribution < 1.29 is 15.3 Å². The molecule has 0 aliphatic carbocycles. The molecule has 3 N–H and O–H groups in total. The molecule has 6 nitrogen and oxygen atoms in total. The van der Waals surface area contributed by atoms with E-state index in [0.29, 0.717) is 12.1 Å². The first-order valence-electron chi connectivity index (χ1n) is 8.58. The fourth-order valence-electron chi connectivity index (χ4n) is 3.21. The van der Waals surface area contributed by atoms with Crippen LogP contribution in [0.15, 0.2) is 60.5 Å². The van der Waals surface area contributed by atoms with E-state index in [1.807, 2.05) is 28.3 Å². The zero-order valence-corrected chi connectivity index (χ0v) is 15.3. The Bertz CT molecular complexity index is 1020. The van der Waals surface area contributed by atoms with Crippen LogP contribution in [0.1, 0.15) is 6.42 Å². The van der Waals surface area contributed by atoms with E-state index in [0.717, 1.165) is 29.1 Å². The van der Waals surface area contributed by atoms with Crippen LogP contribution in [0.3, 0.4) is 0 Å². The molecule has 0 saturated carbocycles. The van der Waals surface area contributed by atoms with Crippen LogP contribution in [0.2, 0.25) is 0 Å². The zero-order valence-electron chi connectivity index (χ0n) is 14.5. The standard InChI is InChI=1S/C20H19N3O3S/c24-15-6-4-14(5-7-15)17-18(16-3-1-12-27-16)23(20(26)19(17)25)10-2-9-22-11-8-21-13-22/h1,3-8,11-13,24-26H,2,9-10H2. The highest BCUT2D eigenvalue weighted by Crippen LogP contribution is 2.48. The summed E-state index contributed by atoms with van der Waals surface area (Å²) < 4.78 is 3.73. The maximum absolute atomic E-state index is 10.7. The van der Waals surface area contributed by atoms with Gasteiger partial charge in [-0.05, 0) is 35.6 Å². The molecule has 3 heterocycles. The van der Waals surface area contributed by atoms with E-state index in [4.69, 9.17) is 0 Å². The number of rotatable bonds is 6. The van der Waals surface area contributed by atoms with Crippen molar-refractivity contribution in [3.8, 4) is 39.1 Å². The summed E-state index contributed by atoms with van der Waals surface area (Å²) in [4.78, 5) is 4.99. The first-order valence-corrected chi connectivity index (χ1v) is 9.46. The van der Waals surface area contributed by atoms with Crippen LogP contribution in [0.4, 0.5) is 0 Å². The monoisotopic (exact) mass is 381 g/mol. The second-order valence-corrected chi connectivity index (χ2v) is 7.17. The molecule has 4 aromatic rings. The third kappa shape index (κ3) is 3.29. The fourth-order valence-corrected chi connectivity index (χ4v) is 4.00. The van der Waals surface area contributed by atoms with Gasteiger partial charge in [0.15, 0.2) is 5.75 Å². The molecule has 0 spiro atoms. The highest BCUT2D eigenvalue weighted by molar-refractivity contribution is 7.13. The average Bonchev–Trinajstić information content (AvgIpc) is 3.41. The van der Waals surface area contributed by atoms with Gasteiger partial charge in [0.1, 0.15) is 5.75 Å². The Labute approximate surface area is 160 Å². The van der Waals surface area contributed by atoms with Crippen molar-refractivity contribution in [2.75, 3.05) is 0 Å². The van der Waals surface area contributed by atoms with Crippen molar-refractivity contribution in [3.63, 3.8) is 0 Å². The number of aromatic hydroxyl groups is 3. The van der Waals surface area contributed by atoms with Crippen LogP contribution in [-0.2, 0) is 13.1 Å². The summed E-state index contributed by atoms with van der Waals surface area (Å²) in [5, 5.41) is 32.8. The van der Waals surface area contributed by atoms with Gasteiger partial charge in [-0.1, -0.05) is 18.2 Å². The second kappa shape index (κ2) is 7.20. The van der Waals surface area contributed by atoms with Gasteiger partial charge in [-0.2, -0.15) is 0 Å². The molecule has 4 rings (SSSR count). The van der Waals surface area contributed by atoms with E-state index in [1.54, 1.807) is 52.7 Å². The predicted octanol–water partition coefficient (Wildman–Crippen LogP) is 4.29. The summed E-state index contributed by atoms with van der Waals surface area (Å²) in [7, 11) is 0. The Balaban J connectivity index is 1.76. The number of aryl methyl sites for hydroxylation is 1. The summed E-state index contributed by atoms with van der Waals surface area (Å²) in [6, 6.07) is 10.5. The Morgan fingerprint density at radius 2 is 1.81 bits per heavy atom. The van der Waals surface area contributed by atoms with E-state index in [9.17, 15) is 15.3 Å². The van der Waals surface area contributed by atoms with Gasteiger partial charge >= 0.3 is 0 Å². The minimum absolute atomic E-state index is 0.146. The summed E-state index contributed by atoms with van der Waals surface area (Å²) >= 11 is 1.55. The number of phenolic OH excluding ortho intramolecular Hbond substituents is 1. The van der Waals surface area contributed by atoms with Crippen LogP contribution < -0.4 is 0 Å². The van der Waals surface area contributed by atoms with E-state index in [-0.39, 0.29) is 17.4 Å². The normalized spacial score (nSPS) is 11.1. The molecule has 1 aromatic carbocycles. The van der Waals surface area contributed by atoms with Crippen LogP contribution in [0.5, 0.6) is 17.4 Å². The van der Waals surface area contributed by atoms with Gasteiger partial charge in [-0.15, -0.1) is 11.3 Å². The number of hydrogen-bond donors (Lipinski definition) is 3. The molecule has 0 aliphatic heterocycles. The lowest BCUT2D eigenvalue weighted by Crippen LogP contribution is -2.04. The summed E-state index contributed by atoms with van der Waals surface area (Å²) in [5.74, 6) is -0.140. The van der Waals surface area contributed by atoms with Crippen molar-refractivity contribution in [2.45, 2.75) is 19.5 Å². The van der Waals surface area contributed by atoms with Gasteiger partial charge in [0.2, 0.25) is 5.88 Å². The number of nitrogens with zero attached hydrogens (tertiary/aromatic N) is 3. The topological polar surface area (TPSA) is 83.4 Å². The largest absolute Gasteiger partial charge is 0.508 e. The Morgan fingerprint density at radius 3 is 2.48 bits per heavy atom. The molecule has 138 valence electrons. The lowest BCUT2D eigenvalue weighted by Gasteiger charge is -2.11. The fraction of sp³-hybridized carbons (Fsp3) is 0.150. The van der Waals surface area contributed by atoms with Crippen LogP contribution in [0.25, 0.3) is 21.7 Å². The van der Waals surface area contributed by atoms with Gasteiger partial charge in [-0.25, -0.2) is 4.98 Å². The Hall–Kier alpha value is -3.19. The van der Waals surface area contributed by atoms with Gasteiger partial charge in [0, 0.05) is 25.5 Å². The van der Waals surface area contributed by atoms with Gasteiger partial charge in [0.25, 0.3) is 0 Å². The third-order valence-corrected chi connectivity index (χ3v) is 5.36. The molecule has 27 heavy (non-hydrogen) atoms. The highest BCUT2D eigenvalue weighted by atomic mass is 32.1. The van der Waals surface area contributed by atoms with E-state index in [2.05, 4.69) is 4.98 Å². The van der Waals surface area contributed by atoms with Gasteiger partial charge in [0.05, 0.1) is 22.5 Å². The van der Waals surface area contributed by atoms with Crippen LogP contribution in [0, 0.1) is 0 Å². The first-order chi connectivity index (χ1) is 13.1. The molecule has 0 bridgehead atoms. The molecule has 0 atom stereocenters. The maximum Gasteiger partial charge on any atom is 0.235 e. The lowest BCUT2D eigenvalue weighted by atomic mass is 10.0.